The number of anilines is 1. The van der Waals surface area contributed by atoms with Crippen molar-refractivity contribution in [2.45, 2.75) is 0 Å². The van der Waals surface area contributed by atoms with E-state index in [4.69, 9.17) is 4.74 Å². The molecule has 6 heteroatoms. The average molecular weight is 261 g/mol. The van der Waals surface area contributed by atoms with E-state index in [9.17, 15) is 4.79 Å². The molecular weight excluding hydrogens is 250 g/mol. The first-order chi connectivity index (χ1) is 8.79. The molecule has 0 fully saturated rings. The van der Waals surface area contributed by atoms with E-state index in [1.165, 1.54) is 11.3 Å². The fourth-order valence-corrected chi connectivity index (χ4v) is 1.72. The molecule has 1 amide bonds. The number of aromatic nitrogens is 2. The van der Waals surface area contributed by atoms with Crippen molar-refractivity contribution in [2.24, 2.45) is 0 Å². The number of ether oxygens (including phenoxy) is 1. The zero-order chi connectivity index (χ0) is 12.8. The maximum atomic E-state index is 11.9. The second kappa shape index (κ2) is 5.92. The first-order valence-corrected chi connectivity index (χ1v) is 6.09. The van der Waals surface area contributed by atoms with Crippen molar-refractivity contribution < 1.29 is 9.53 Å². The number of hydrogen-bond donors (Lipinski definition) is 1. The molecule has 0 atom stereocenters. The SMILES string of the molecule is C=CCOc1cccc(C(=O)Nc2nncs2)c1. The lowest BCUT2D eigenvalue weighted by Crippen LogP contribution is -2.11. The van der Waals surface area contributed by atoms with E-state index < -0.39 is 0 Å². The Labute approximate surface area is 108 Å². The molecule has 0 spiro atoms. The van der Waals surface area contributed by atoms with Crippen LogP contribution in [0.4, 0.5) is 5.13 Å². The number of nitrogens with one attached hydrogen (secondary N) is 1. The third-order valence-electron chi connectivity index (χ3n) is 2.04. The number of carbonyl (C=O) groups is 1. The van der Waals surface area contributed by atoms with Gasteiger partial charge in [0.2, 0.25) is 5.13 Å². The first kappa shape index (κ1) is 12.3. The largest absolute Gasteiger partial charge is 0.490 e. The van der Waals surface area contributed by atoms with Gasteiger partial charge >= 0.3 is 0 Å². The standard InChI is InChI=1S/C12H11N3O2S/c1-2-6-17-10-5-3-4-9(7-10)11(16)14-12-15-13-8-18-12/h2-5,7-8H,1,6H2,(H,14,15,16). The quantitative estimate of drug-likeness (QED) is 0.839. The molecule has 2 rings (SSSR count). The maximum absolute atomic E-state index is 11.9. The number of benzene rings is 1. The molecule has 0 aliphatic carbocycles. The van der Waals surface area contributed by atoms with Crippen LogP contribution in [0.5, 0.6) is 5.75 Å². The van der Waals surface area contributed by atoms with E-state index in [-0.39, 0.29) is 5.91 Å². The molecule has 0 unspecified atom stereocenters. The smallest absolute Gasteiger partial charge is 0.257 e. The van der Waals surface area contributed by atoms with Crippen molar-refractivity contribution in [3.63, 3.8) is 0 Å². The highest BCUT2D eigenvalue weighted by molar-refractivity contribution is 7.13. The Hall–Kier alpha value is -2.21. The van der Waals surface area contributed by atoms with E-state index in [1.54, 1.807) is 35.9 Å². The molecule has 1 aromatic heterocycles. The Kier molecular flexibility index (Phi) is 4.03. The summed E-state index contributed by atoms with van der Waals surface area (Å²) < 4.78 is 5.36. The van der Waals surface area contributed by atoms with Gasteiger partial charge in [-0.25, -0.2) is 0 Å². The lowest BCUT2D eigenvalue weighted by Gasteiger charge is -2.05. The Morgan fingerprint density at radius 2 is 2.44 bits per heavy atom. The first-order valence-electron chi connectivity index (χ1n) is 5.21. The van der Waals surface area contributed by atoms with Crippen LogP contribution in [-0.2, 0) is 0 Å². The second-order valence-electron chi connectivity index (χ2n) is 3.33. The number of hydrogen-bond acceptors (Lipinski definition) is 5. The van der Waals surface area contributed by atoms with Gasteiger partial charge in [0.1, 0.15) is 17.9 Å². The van der Waals surface area contributed by atoms with Crippen LogP contribution in [-0.4, -0.2) is 22.7 Å². The van der Waals surface area contributed by atoms with Gasteiger partial charge in [-0.05, 0) is 18.2 Å². The summed E-state index contributed by atoms with van der Waals surface area (Å²) in [5, 5.41) is 10.5. The van der Waals surface area contributed by atoms with Crippen LogP contribution in [0.3, 0.4) is 0 Å². The minimum Gasteiger partial charge on any atom is -0.490 e. The van der Waals surface area contributed by atoms with Crippen LogP contribution in [0.2, 0.25) is 0 Å². The summed E-state index contributed by atoms with van der Waals surface area (Å²) in [5.41, 5.74) is 2.06. The molecule has 0 saturated carbocycles. The summed E-state index contributed by atoms with van der Waals surface area (Å²) in [5.74, 6) is 0.385. The van der Waals surface area contributed by atoms with Crippen molar-refractivity contribution in [2.75, 3.05) is 11.9 Å². The molecule has 0 bridgehead atoms. The molecule has 2 aromatic rings. The van der Waals surface area contributed by atoms with E-state index >= 15 is 0 Å². The van der Waals surface area contributed by atoms with Gasteiger partial charge in [-0.1, -0.05) is 30.1 Å². The normalized spacial score (nSPS) is 9.78. The highest BCUT2D eigenvalue weighted by atomic mass is 32.1. The predicted molar refractivity (Wildman–Crippen MR) is 70.0 cm³/mol. The highest BCUT2D eigenvalue weighted by Gasteiger charge is 2.08. The summed E-state index contributed by atoms with van der Waals surface area (Å²) >= 11 is 1.27. The predicted octanol–water partition coefficient (Wildman–Crippen LogP) is 2.36. The van der Waals surface area contributed by atoms with Gasteiger partial charge in [0, 0.05) is 5.56 Å². The number of carbonyl (C=O) groups excluding carboxylic acids is 1. The molecule has 0 aliphatic rings. The Morgan fingerprint density at radius 3 is 3.17 bits per heavy atom. The number of nitrogens with zero attached hydrogens (tertiary/aromatic N) is 2. The van der Waals surface area contributed by atoms with E-state index in [1.807, 2.05) is 0 Å². The molecule has 1 heterocycles. The van der Waals surface area contributed by atoms with E-state index in [0.29, 0.717) is 23.1 Å². The maximum Gasteiger partial charge on any atom is 0.257 e. The zero-order valence-electron chi connectivity index (χ0n) is 9.50. The van der Waals surface area contributed by atoms with E-state index in [0.717, 1.165) is 0 Å². The van der Waals surface area contributed by atoms with Crippen LogP contribution in [0.15, 0.2) is 42.4 Å². The van der Waals surface area contributed by atoms with Crippen molar-refractivity contribution in [1.29, 1.82) is 0 Å². The molecule has 92 valence electrons. The van der Waals surface area contributed by atoms with Gasteiger partial charge in [-0.15, -0.1) is 10.2 Å². The van der Waals surface area contributed by atoms with Crippen molar-refractivity contribution >= 4 is 22.4 Å². The minimum atomic E-state index is -0.240. The third kappa shape index (κ3) is 3.14. The summed E-state index contributed by atoms with van der Waals surface area (Å²) in [7, 11) is 0. The zero-order valence-corrected chi connectivity index (χ0v) is 10.3. The summed E-state index contributed by atoms with van der Waals surface area (Å²) in [6.45, 7) is 3.97. The molecule has 18 heavy (non-hydrogen) atoms. The van der Waals surface area contributed by atoms with Crippen LogP contribution in [0.1, 0.15) is 10.4 Å². The Morgan fingerprint density at radius 1 is 1.56 bits per heavy atom. The number of amides is 1. The van der Waals surface area contributed by atoms with Gasteiger partial charge in [0.15, 0.2) is 0 Å². The summed E-state index contributed by atoms with van der Waals surface area (Å²) in [6.07, 6.45) is 1.65. The average Bonchev–Trinajstić information content (AvgIpc) is 2.89. The molecule has 0 aliphatic heterocycles. The van der Waals surface area contributed by atoms with Crippen LogP contribution >= 0.6 is 11.3 Å². The molecular formula is C12H11N3O2S. The van der Waals surface area contributed by atoms with Crippen LogP contribution in [0.25, 0.3) is 0 Å². The highest BCUT2D eigenvalue weighted by Crippen LogP contribution is 2.15. The lowest BCUT2D eigenvalue weighted by molar-refractivity contribution is 0.102. The van der Waals surface area contributed by atoms with Gasteiger partial charge in [-0.3, -0.25) is 10.1 Å². The van der Waals surface area contributed by atoms with E-state index in [2.05, 4.69) is 22.1 Å². The van der Waals surface area contributed by atoms with Crippen molar-refractivity contribution in [1.82, 2.24) is 10.2 Å². The number of rotatable bonds is 5. The fourth-order valence-electron chi connectivity index (χ4n) is 1.28. The van der Waals surface area contributed by atoms with Crippen molar-refractivity contribution in [3.05, 3.63) is 48.0 Å². The molecule has 1 aromatic carbocycles. The van der Waals surface area contributed by atoms with Crippen LogP contribution in [0, 0.1) is 0 Å². The molecule has 0 saturated heterocycles. The molecule has 0 radical (unpaired) electrons. The topological polar surface area (TPSA) is 64.1 Å². The lowest BCUT2D eigenvalue weighted by atomic mass is 10.2. The Bertz CT molecular complexity index is 540. The van der Waals surface area contributed by atoms with Crippen LogP contribution < -0.4 is 10.1 Å². The van der Waals surface area contributed by atoms with Crippen molar-refractivity contribution in [3.8, 4) is 5.75 Å². The van der Waals surface area contributed by atoms with Gasteiger partial charge in [0.05, 0.1) is 0 Å². The third-order valence-corrected chi connectivity index (χ3v) is 2.65. The molecule has 1 N–H and O–H groups in total. The Balaban J connectivity index is 2.07. The molecule has 5 nitrogen and oxygen atoms in total. The summed E-state index contributed by atoms with van der Waals surface area (Å²) in [6, 6.07) is 6.91. The monoisotopic (exact) mass is 261 g/mol. The van der Waals surface area contributed by atoms with Gasteiger partial charge < -0.3 is 4.74 Å². The minimum absolute atomic E-state index is 0.240. The summed E-state index contributed by atoms with van der Waals surface area (Å²) in [4.78, 5) is 11.9. The fraction of sp³-hybridized carbons (Fsp3) is 0.0833. The second-order valence-corrected chi connectivity index (χ2v) is 4.16. The van der Waals surface area contributed by atoms with Gasteiger partial charge in [-0.2, -0.15) is 0 Å². The van der Waals surface area contributed by atoms with Gasteiger partial charge in [0.25, 0.3) is 5.91 Å².